The Bertz CT molecular complexity index is 1150. The first-order valence-electron chi connectivity index (χ1n) is 14.7. The number of carbonyl (C=O) groups is 1. The van der Waals surface area contributed by atoms with Crippen LogP contribution >= 0.6 is 0 Å². The Morgan fingerprint density at radius 1 is 1.03 bits per heavy atom. The van der Waals surface area contributed by atoms with E-state index in [0.29, 0.717) is 36.2 Å². The minimum atomic E-state index is -2.94. The normalized spacial score (nSPS) is 31.2. The second-order valence-electron chi connectivity index (χ2n) is 12.1. The van der Waals surface area contributed by atoms with Crippen molar-refractivity contribution >= 4 is 5.91 Å². The van der Waals surface area contributed by atoms with Gasteiger partial charge in [-0.25, -0.2) is 8.78 Å². The Hall–Kier alpha value is -2.47. The molecule has 6 rings (SSSR count). The van der Waals surface area contributed by atoms with Gasteiger partial charge in [0.25, 0.3) is 5.92 Å². The molecule has 2 N–H and O–H groups in total. The van der Waals surface area contributed by atoms with E-state index in [9.17, 15) is 4.79 Å². The van der Waals surface area contributed by atoms with Gasteiger partial charge < -0.3 is 15.0 Å². The van der Waals surface area contributed by atoms with E-state index in [1.165, 1.54) is 24.8 Å². The minimum absolute atomic E-state index is 0.0452. The maximum absolute atomic E-state index is 16.2. The van der Waals surface area contributed by atoms with Crippen LogP contribution in [-0.4, -0.2) is 49.5 Å². The second kappa shape index (κ2) is 10.3. The summed E-state index contributed by atoms with van der Waals surface area (Å²) in [4.78, 5) is 16.6. The van der Waals surface area contributed by atoms with E-state index in [1.807, 2.05) is 29.6 Å². The molecule has 1 amide bonds. The number of methoxy groups -OCH3 is 1. The lowest BCUT2D eigenvalue weighted by Gasteiger charge is -2.48. The van der Waals surface area contributed by atoms with Crippen LogP contribution in [0.3, 0.4) is 0 Å². The predicted octanol–water partition coefficient (Wildman–Crippen LogP) is 5.06. The highest BCUT2D eigenvalue weighted by molar-refractivity contribution is 5.82. The Labute approximate surface area is 225 Å². The molecule has 1 saturated carbocycles. The number of likely N-dealkylation sites (tertiary alicyclic amines) is 1. The number of benzene rings is 2. The fourth-order valence-corrected chi connectivity index (χ4v) is 8.43. The SMILES string of the molecule is COc1cccc2c1CCC(F)(F)[C@]21C[NH2+]CC1C(=O)N1CC[C@@H](c2ccccc2)C[C@H]1C1CCCCC1. The number of alkyl halides is 2. The molecular formula is C32H41F2N2O2+. The highest BCUT2D eigenvalue weighted by atomic mass is 19.3. The molecule has 4 nitrogen and oxygen atoms in total. The second-order valence-corrected chi connectivity index (χ2v) is 12.1. The molecule has 2 saturated heterocycles. The van der Waals surface area contributed by atoms with Crippen LogP contribution in [0.1, 0.15) is 74.0 Å². The van der Waals surface area contributed by atoms with E-state index >= 15 is 8.78 Å². The van der Waals surface area contributed by atoms with Gasteiger partial charge >= 0.3 is 0 Å². The Morgan fingerprint density at radius 2 is 1.82 bits per heavy atom. The van der Waals surface area contributed by atoms with Crippen molar-refractivity contribution in [2.75, 3.05) is 26.7 Å². The Kier molecular flexibility index (Phi) is 6.96. The molecule has 3 fully saturated rings. The summed E-state index contributed by atoms with van der Waals surface area (Å²) in [6, 6.07) is 16.3. The fourth-order valence-electron chi connectivity index (χ4n) is 8.43. The molecule has 204 valence electrons. The topological polar surface area (TPSA) is 46.1 Å². The highest BCUT2D eigenvalue weighted by Gasteiger charge is 2.68. The lowest BCUT2D eigenvalue weighted by Crippen LogP contribution is -2.83. The summed E-state index contributed by atoms with van der Waals surface area (Å²) in [5.74, 6) is -2.18. The van der Waals surface area contributed by atoms with Gasteiger partial charge in [0.2, 0.25) is 5.91 Å². The number of hydrogen-bond acceptors (Lipinski definition) is 2. The van der Waals surface area contributed by atoms with Crippen LogP contribution in [0.4, 0.5) is 8.78 Å². The number of piperidine rings is 1. The first-order chi connectivity index (χ1) is 18.5. The van der Waals surface area contributed by atoms with Crippen LogP contribution in [0.2, 0.25) is 0 Å². The molecule has 6 heteroatoms. The summed E-state index contributed by atoms with van der Waals surface area (Å²) in [5.41, 5.74) is 1.35. The first kappa shape index (κ1) is 25.8. The summed E-state index contributed by atoms with van der Waals surface area (Å²) < 4.78 is 37.9. The molecule has 0 radical (unpaired) electrons. The van der Waals surface area contributed by atoms with Crippen LogP contribution in [0.25, 0.3) is 0 Å². The number of carbonyl (C=O) groups excluding carboxylic acids is 1. The van der Waals surface area contributed by atoms with E-state index in [0.717, 1.165) is 31.2 Å². The molecule has 1 unspecified atom stereocenters. The molecule has 0 bridgehead atoms. The summed E-state index contributed by atoms with van der Waals surface area (Å²) in [7, 11) is 1.60. The van der Waals surface area contributed by atoms with Gasteiger partial charge in [0.1, 0.15) is 17.1 Å². The maximum Gasteiger partial charge on any atom is 0.264 e. The molecule has 38 heavy (non-hydrogen) atoms. The van der Waals surface area contributed by atoms with Crippen molar-refractivity contribution in [2.24, 2.45) is 11.8 Å². The van der Waals surface area contributed by atoms with Crippen molar-refractivity contribution in [1.82, 2.24) is 4.90 Å². The minimum Gasteiger partial charge on any atom is -0.496 e. The number of quaternary nitrogens is 1. The lowest BCUT2D eigenvalue weighted by molar-refractivity contribution is -0.641. The monoisotopic (exact) mass is 523 g/mol. The number of hydrogen-bond donors (Lipinski definition) is 1. The predicted molar refractivity (Wildman–Crippen MR) is 144 cm³/mol. The van der Waals surface area contributed by atoms with E-state index in [-0.39, 0.29) is 31.3 Å². The number of amides is 1. The van der Waals surface area contributed by atoms with Gasteiger partial charge in [-0.2, -0.15) is 0 Å². The third-order valence-electron chi connectivity index (χ3n) is 10.3. The zero-order valence-electron chi connectivity index (χ0n) is 22.5. The van der Waals surface area contributed by atoms with Gasteiger partial charge in [0, 0.05) is 19.0 Å². The first-order valence-corrected chi connectivity index (χ1v) is 14.7. The maximum atomic E-state index is 16.2. The largest absolute Gasteiger partial charge is 0.496 e. The average Bonchev–Trinajstić information content (AvgIpc) is 3.42. The number of nitrogens with two attached hydrogens (primary N) is 1. The number of ether oxygens (including phenoxy) is 1. The molecular weight excluding hydrogens is 482 g/mol. The Balaban J connectivity index is 1.36. The van der Waals surface area contributed by atoms with Crippen LogP contribution in [0, 0.1) is 11.8 Å². The average molecular weight is 524 g/mol. The van der Waals surface area contributed by atoms with Gasteiger partial charge in [0.15, 0.2) is 0 Å². The number of fused-ring (bicyclic) bond motifs is 2. The van der Waals surface area contributed by atoms with Crippen LogP contribution < -0.4 is 10.1 Å². The van der Waals surface area contributed by atoms with E-state index < -0.39 is 17.3 Å². The van der Waals surface area contributed by atoms with Crippen molar-refractivity contribution in [2.45, 2.75) is 81.1 Å². The van der Waals surface area contributed by atoms with Crippen molar-refractivity contribution in [3.05, 3.63) is 65.2 Å². The van der Waals surface area contributed by atoms with E-state index in [4.69, 9.17) is 4.74 Å². The van der Waals surface area contributed by atoms with Gasteiger partial charge in [-0.1, -0.05) is 61.7 Å². The summed E-state index contributed by atoms with van der Waals surface area (Å²) in [6.07, 6.45) is 7.79. The number of rotatable bonds is 4. The molecule has 1 spiro atoms. The fraction of sp³-hybridized carbons (Fsp3) is 0.594. The van der Waals surface area contributed by atoms with Crippen LogP contribution in [0.15, 0.2) is 48.5 Å². The smallest absolute Gasteiger partial charge is 0.264 e. The van der Waals surface area contributed by atoms with Crippen molar-refractivity contribution in [3.8, 4) is 5.75 Å². The van der Waals surface area contributed by atoms with Crippen LogP contribution in [0.5, 0.6) is 5.75 Å². The number of nitrogens with zero attached hydrogens (tertiary/aromatic N) is 1. The lowest BCUT2D eigenvalue weighted by atomic mass is 9.61. The van der Waals surface area contributed by atoms with E-state index in [1.54, 1.807) is 7.11 Å². The van der Waals surface area contributed by atoms with Gasteiger partial charge in [-0.05, 0) is 66.7 Å². The molecule has 0 aromatic heterocycles. The van der Waals surface area contributed by atoms with Crippen molar-refractivity contribution < 1.29 is 23.6 Å². The third-order valence-corrected chi connectivity index (χ3v) is 10.3. The zero-order valence-corrected chi connectivity index (χ0v) is 22.5. The van der Waals surface area contributed by atoms with Crippen LogP contribution in [-0.2, 0) is 16.6 Å². The summed E-state index contributed by atoms with van der Waals surface area (Å²) >= 11 is 0. The zero-order chi connectivity index (χ0) is 26.3. The van der Waals surface area contributed by atoms with Gasteiger partial charge in [0.05, 0.1) is 20.2 Å². The highest BCUT2D eigenvalue weighted by Crippen LogP contribution is 2.55. The molecule has 4 atom stereocenters. The standard InChI is InChI=1S/C32H40F2N2O2/c1-38-29-14-8-13-26-25(29)15-17-32(33,34)31(26)21-35-20-27(31)30(37)36-18-16-24(22-9-4-2-5-10-22)19-28(36)23-11-6-3-7-12-23/h2,4-5,8-10,13-14,23-24,27-28,35H,3,6-7,11-12,15-21H2,1H3/p+1/t24-,27?,28+,31-/m1/s1. The molecule has 2 aromatic rings. The third kappa shape index (κ3) is 4.14. The van der Waals surface area contributed by atoms with Gasteiger partial charge in [-0.3, -0.25) is 4.79 Å². The Morgan fingerprint density at radius 3 is 2.58 bits per heavy atom. The van der Waals surface area contributed by atoms with E-state index in [2.05, 4.69) is 29.2 Å². The summed E-state index contributed by atoms with van der Waals surface area (Å²) in [6.45, 7) is 1.31. The molecule has 2 aliphatic carbocycles. The molecule has 2 aliphatic heterocycles. The van der Waals surface area contributed by atoms with Gasteiger partial charge in [-0.15, -0.1) is 0 Å². The number of halogens is 2. The molecule has 2 aromatic carbocycles. The quantitative estimate of drug-likeness (QED) is 0.609. The van der Waals surface area contributed by atoms with Crippen molar-refractivity contribution in [3.63, 3.8) is 0 Å². The van der Waals surface area contributed by atoms with Crippen molar-refractivity contribution in [1.29, 1.82) is 0 Å². The molecule has 4 aliphatic rings. The molecule has 2 heterocycles. The summed E-state index contributed by atoms with van der Waals surface area (Å²) in [5, 5.41) is 1.96.